The van der Waals surface area contributed by atoms with Crippen LogP contribution in [0.4, 0.5) is 5.82 Å². The molecule has 5 nitrogen and oxygen atoms in total. The number of hydrogen-bond acceptors (Lipinski definition) is 4. The molecule has 1 rings (SSSR count). The van der Waals surface area contributed by atoms with Crippen molar-refractivity contribution < 1.29 is 0 Å². The molecule has 0 aliphatic heterocycles. The van der Waals surface area contributed by atoms with Crippen molar-refractivity contribution in [2.75, 3.05) is 18.4 Å². The van der Waals surface area contributed by atoms with E-state index in [1.54, 1.807) is 6.20 Å². The van der Waals surface area contributed by atoms with Gasteiger partial charge in [0.15, 0.2) is 5.82 Å². The van der Waals surface area contributed by atoms with Crippen LogP contribution in [0.3, 0.4) is 0 Å². The molecule has 0 spiro atoms. The summed E-state index contributed by atoms with van der Waals surface area (Å²) in [5, 5.41) is 2.94. The van der Waals surface area contributed by atoms with E-state index < -0.39 is 0 Å². The van der Waals surface area contributed by atoms with E-state index in [-0.39, 0.29) is 5.56 Å². The van der Waals surface area contributed by atoms with E-state index in [1.165, 1.54) is 6.20 Å². The zero-order valence-electron chi connectivity index (χ0n) is 7.42. The fraction of sp³-hybridized carbons (Fsp3) is 0.500. The number of nitrogens with one attached hydrogen (secondary N) is 2. The average Bonchev–Trinajstić information content (AvgIpc) is 2.15. The lowest BCUT2D eigenvalue weighted by Gasteiger charge is -2.02. The van der Waals surface area contributed by atoms with E-state index in [2.05, 4.69) is 15.3 Å². The summed E-state index contributed by atoms with van der Waals surface area (Å²) in [5.74, 6) is 0.375. The van der Waals surface area contributed by atoms with Gasteiger partial charge in [-0.3, -0.25) is 4.79 Å². The number of anilines is 1. The molecule has 0 atom stereocenters. The first-order valence-corrected chi connectivity index (χ1v) is 4.32. The molecule has 0 saturated heterocycles. The molecule has 0 aromatic carbocycles. The molecular weight excluding hydrogens is 168 g/mol. The Morgan fingerprint density at radius 3 is 3.08 bits per heavy atom. The van der Waals surface area contributed by atoms with Crippen LogP contribution in [0.15, 0.2) is 17.2 Å². The number of unbranched alkanes of at least 4 members (excludes halogenated alkanes) is 1. The second-order valence-electron chi connectivity index (χ2n) is 2.69. The van der Waals surface area contributed by atoms with Crippen LogP contribution < -0.4 is 16.6 Å². The topological polar surface area (TPSA) is 83.8 Å². The largest absolute Gasteiger partial charge is 0.365 e. The van der Waals surface area contributed by atoms with E-state index >= 15 is 0 Å². The van der Waals surface area contributed by atoms with E-state index in [0.29, 0.717) is 12.4 Å². The van der Waals surface area contributed by atoms with Crippen molar-refractivity contribution >= 4 is 5.82 Å². The quantitative estimate of drug-likeness (QED) is 0.556. The number of H-pyrrole nitrogens is 1. The van der Waals surface area contributed by atoms with Gasteiger partial charge >= 0.3 is 0 Å². The van der Waals surface area contributed by atoms with Crippen molar-refractivity contribution in [3.05, 3.63) is 22.7 Å². The molecule has 1 heterocycles. The maximum absolute atomic E-state index is 11.1. The predicted octanol–water partition coefficient (Wildman–Crippen LogP) is -0.0793. The standard InChI is InChI=1S/C8H14N4O/c9-3-1-2-4-10-7-8(13)12-6-5-11-7/h5-6H,1-4,9H2,(H,10,11)(H,12,13). The van der Waals surface area contributed by atoms with Crippen LogP contribution in [0.25, 0.3) is 0 Å². The lowest BCUT2D eigenvalue weighted by atomic mass is 10.3. The summed E-state index contributed by atoms with van der Waals surface area (Å²) < 4.78 is 0. The molecule has 0 fully saturated rings. The van der Waals surface area contributed by atoms with Crippen LogP contribution in [-0.2, 0) is 0 Å². The van der Waals surface area contributed by atoms with Gasteiger partial charge < -0.3 is 16.0 Å². The smallest absolute Gasteiger partial charge is 0.290 e. The van der Waals surface area contributed by atoms with Gasteiger partial charge in [0.2, 0.25) is 0 Å². The molecule has 0 radical (unpaired) electrons. The van der Waals surface area contributed by atoms with Crippen molar-refractivity contribution in [2.45, 2.75) is 12.8 Å². The summed E-state index contributed by atoms with van der Waals surface area (Å²) in [6.45, 7) is 1.41. The minimum absolute atomic E-state index is 0.185. The Bertz CT molecular complexity index is 296. The SMILES string of the molecule is NCCCCNc1ncc[nH]c1=O. The minimum Gasteiger partial charge on any atom is -0.365 e. The molecule has 4 N–H and O–H groups in total. The molecule has 0 amide bonds. The summed E-state index contributed by atoms with van der Waals surface area (Å²) in [6.07, 6.45) is 4.96. The van der Waals surface area contributed by atoms with Gasteiger partial charge in [0, 0.05) is 18.9 Å². The molecule has 0 bridgehead atoms. The highest BCUT2D eigenvalue weighted by atomic mass is 16.1. The molecule has 0 aliphatic carbocycles. The van der Waals surface area contributed by atoms with Crippen LogP contribution in [0.5, 0.6) is 0 Å². The van der Waals surface area contributed by atoms with Gasteiger partial charge in [0.05, 0.1) is 0 Å². The van der Waals surface area contributed by atoms with Gasteiger partial charge in [-0.05, 0) is 19.4 Å². The molecule has 72 valence electrons. The number of aromatic nitrogens is 2. The second-order valence-corrected chi connectivity index (χ2v) is 2.69. The lowest BCUT2D eigenvalue weighted by molar-refractivity contribution is 0.771. The molecule has 0 aliphatic rings. The van der Waals surface area contributed by atoms with Crippen LogP contribution >= 0.6 is 0 Å². The highest BCUT2D eigenvalue weighted by molar-refractivity contribution is 5.29. The summed E-state index contributed by atoms with van der Waals surface area (Å²) in [5.41, 5.74) is 5.14. The van der Waals surface area contributed by atoms with E-state index in [0.717, 1.165) is 19.4 Å². The fourth-order valence-corrected chi connectivity index (χ4v) is 0.954. The first-order valence-electron chi connectivity index (χ1n) is 4.32. The molecule has 13 heavy (non-hydrogen) atoms. The maximum Gasteiger partial charge on any atom is 0.290 e. The fourth-order valence-electron chi connectivity index (χ4n) is 0.954. The molecule has 1 aromatic rings. The summed E-state index contributed by atoms with van der Waals surface area (Å²) >= 11 is 0. The third kappa shape index (κ3) is 3.25. The first-order chi connectivity index (χ1) is 6.34. The third-order valence-corrected chi connectivity index (χ3v) is 1.63. The van der Waals surface area contributed by atoms with Gasteiger partial charge in [0.25, 0.3) is 5.56 Å². The predicted molar refractivity (Wildman–Crippen MR) is 51.6 cm³/mol. The van der Waals surface area contributed by atoms with Gasteiger partial charge in [-0.25, -0.2) is 4.98 Å². The van der Waals surface area contributed by atoms with Crippen LogP contribution in [0.1, 0.15) is 12.8 Å². The monoisotopic (exact) mass is 182 g/mol. The maximum atomic E-state index is 11.1. The average molecular weight is 182 g/mol. The molecular formula is C8H14N4O. The van der Waals surface area contributed by atoms with Crippen molar-refractivity contribution in [3.63, 3.8) is 0 Å². The zero-order chi connectivity index (χ0) is 9.52. The Balaban J connectivity index is 2.37. The van der Waals surface area contributed by atoms with Crippen molar-refractivity contribution in [1.29, 1.82) is 0 Å². The summed E-state index contributed by atoms with van der Waals surface area (Å²) in [7, 11) is 0. The molecule has 0 saturated carbocycles. The van der Waals surface area contributed by atoms with Gasteiger partial charge in [-0.2, -0.15) is 0 Å². The number of nitrogens with zero attached hydrogens (tertiary/aromatic N) is 1. The third-order valence-electron chi connectivity index (χ3n) is 1.63. The van der Waals surface area contributed by atoms with Crippen LogP contribution in [0, 0.1) is 0 Å². The number of nitrogens with two attached hydrogens (primary N) is 1. The van der Waals surface area contributed by atoms with E-state index in [4.69, 9.17) is 5.73 Å². The summed E-state index contributed by atoms with van der Waals surface area (Å²) in [6, 6.07) is 0. The Morgan fingerprint density at radius 2 is 2.38 bits per heavy atom. The molecule has 1 aromatic heterocycles. The minimum atomic E-state index is -0.185. The highest BCUT2D eigenvalue weighted by Crippen LogP contribution is 1.91. The van der Waals surface area contributed by atoms with Gasteiger partial charge in [0.1, 0.15) is 0 Å². The Kier molecular flexibility index (Phi) is 3.98. The van der Waals surface area contributed by atoms with Gasteiger partial charge in [-0.15, -0.1) is 0 Å². The Morgan fingerprint density at radius 1 is 1.54 bits per heavy atom. The van der Waals surface area contributed by atoms with E-state index in [1.807, 2.05) is 0 Å². The summed E-state index contributed by atoms with van der Waals surface area (Å²) in [4.78, 5) is 17.5. The van der Waals surface area contributed by atoms with Crippen molar-refractivity contribution in [3.8, 4) is 0 Å². The van der Waals surface area contributed by atoms with Crippen molar-refractivity contribution in [1.82, 2.24) is 9.97 Å². The van der Waals surface area contributed by atoms with E-state index in [9.17, 15) is 4.79 Å². The van der Waals surface area contributed by atoms with Crippen molar-refractivity contribution in [2.24, 2.45) is 5.73 Å². The normalized spacial score (nSPS) is 9.92. The zero-order valence-corrected chi connectivity index (χ0v) is 7.42. The number of rotatable bonds is 5. The number of hydrogen-bond donors (Lipinski definition) is 3. The first kappa shape index (κ1) is 9.73. The molecule has 5 heteroatoms. The van der Waals surface area contributed by atoms with Gasteiger partial charge in [-0.1, -0.05) is 0 Å². The van der Waals surface area contributed by atoms with Crippen LogP contribution in [-0.4, -0.2) is 23.1 Å². The highest BCUT2D eigenvalue weighted by Gasteiger charge is 1.96. The Hall–Kier alpha value is -1.36. The lowest BCUT2D eigenvalue weighted by Crippen LogP contribution is -2.16. The van der Waals surface area contributed by atoms with Crippen LogP contribution in [0.2, 0.25) is 0 Å². The number of aromatic amines is 1. The molecule has 0 unspecified atom stereocenters. The second kappa shape index (κ2) is 5.31. The Labute approximate surface area is 76.4 Å².